The molecule has 2 rings (SSSR count). The molecule has 0 aliphatic carbocycles. The lowest BCUT2D eigenvalue weighted by Gasteiger charge is -2.18. The van der Waals surface area contributed by atoms with E-state index in [9.17, 15) is 14.7 Å². The van der Waals surface area contributed by atoms with Crippen molar-refractivity contribution in [1.82, 2.24) is 5.32 Å². The Morgan fingerprint density at radius 2 is 1.85 bits per heavy atom. The first-order chi connectivity index (χ1) is 12.5. The summed E-state index contributed by atoms with van der Waals surface area (Å²) in [5.74, 6) is -0.984. The number of ether oxygens (including phenoxy) is 1. The third-order valence-corrected chi connectivity index (χ3v) is 4.53. The number of unbranched alkanes of at least 4 members (excludes halogenated alkanes) is 1. The molecular weight excluding hydrogens is 332 g/mol. The predicted molar refractivity (Wildman–Crippen MR) is 101 cm³/mol. The summed E-state index contributed by atoms with van der Waals surface area (Å²) in [6, 6.07) is 10.6. The number of hydrogen-bond acceptors (Lipinski definition) is 4. The minimum absolute atomic E-state index is 0.294. The number of nitrogens with one attached hydrogen (secondary N) is 1. The molecule has 1 unspecified atom stereocenters. The molecule has 1 amide bonds. The van der Waals surface area contributed by atoms with Gasteiger partial charge in [-0.05, 0) is 61.2 Å². The summed E-state index contributed by atoms with van der Waals surface area (Å²) in [5, 5.41) is 14.0. The van der Waals surface area contributed by atoms with Crippen LogP contribution in [0, 0.1) is 0 Å². The van der Waals surface area contributed by atoms with E-state index >= 15 is 0 Å². The maximum absolute atomic E-state index is 12.5. The van der Waals surface area contributed by atoms with Gasteiger partial charge >= 0.3 is 5.97 Å². The molecule has 0 aromatic heterocycles. The van der Waals surface area contributed by atoms with Crippen LogP contribution >= 0.6 is 0 Å². The second kappa shape index (κ2) is 9.20. The number of fused-ring (bicyclic) bond motifs is 1. The molecule has 0 aliphatic heterocycles. The van der Waals surface area contributed by atoms with Crippen molar-refractivity contribution in [3.63, 3.8) is 0 Å². The number of amides is 1. The molecule has 140 valence electrons. The van der Waals surface area contributed by atoms with Crippen molar-refractivity contribution in [3.05, 3.63) is 42.0 Å². The zero-order chi connectivity index (χ0) is 19.1. The highest BCUT2D eigenvalue weighted by molar-refractivity contribution is 5.90. The Labute approximate surface area is 153 Å². The van der Waals surface area contributed by atoms with Crippen LogP contribution in [0.5, 0.6) is 5.75 Å². The number of hydrogen-bond donors (Lipinski definition) is 3. The summed E-state index contributed by atoms with van der Waals surface area (Å²) in [6.45, 7) is 2.29. The first-order valence-corrected chi connectivity index (χ1v) is 8.77. The van der Waals surface area contributed by atoms with Gasteiger partial charge in [0, 0.05) is 0 Å². The van der Waals surface area contributed by atoms with Gasteiger partial charge in [0.25, 0.3) is 0 Å². The van der Waals surface area contributed by atoms with Gasteiger partial charge in [-0.25, -0.2) is 4.79 Å². The molecule has 0 radical (unpaired) electrons. The zero-order valence-corrected chi connectivity index (χ0v) is 15.2. The van der Waals surface area contributed by atoms with Crippen LogP contribution in [0.25, 0.3) is 10.8 Å². The van der Waals surface area contributed by atoms with Gasteiger partial charge in [-0.15, -0.1) is 0 Å². The van der Waals surface area contributed by atoms with E-state index in [0.29, 0.717) is 19.4 Å². The van der Waals surface area contributed by atoms with Crippen LogP contribution in [0.15, 0.2) is 36.4 Å². The highest BCUT2D eigenvalue weighted by Crippen LogP contribution is 2.25. The summed E-state index contributed by atoms with van der Waals surface area (Å²) in [5.41, 5.74) is 6.28. The van der Waals surface area contributed by atoms with Crippen molar-refractivity contribution in [2.24, 2.45) is 5.73 Å². The molecule has 6 heteroatoms. The maximum atomic E-state index is 12.5. The van der Waals surface area contributed by atoms with E-state index in [-0.39, 0.29) is 5.91 Å². The number of rotatable bonds is 9. The Morgan fingerprint density at radius 1 is 1.15 bits per heavy atom. The molecule has 2 aromatic rings. The highest BCUT2D eigenvalue weighted by atomic mass is 16.5. The summed E-state index contributed by atoms with van der Waals surface area (Å²) < 4.78 is 5.22. The average Bonchev–Trinajstić information content (AvgIpc) is 2.65. The minimum Gasteiger partial charge on any atom is -0.497 e. The van der Waals surface area contributed by atoms with Crippen LogP contribution in [0.4, 0.5) is 0 Å². The van der Waals surface area contributed by atoms with Crippen molar-refractivity contribution in [2.45, 2.75) is 38.1 Å². The highest BCUT2D eigenvalue weighted by Gasteiger charge is 2.23. The van der Waals surface area contributed by atoms with Gasteiger partial charge in [-0.2, -0.15) is 0 Å². The van der Waals surface area contributed by atoms with Crippen LogP contribution in [0.2, 0.25) is 0 Å². The van der Waals surface area contributed by atoms with Gasteiger partial charge in [0.2, 0.25) is 5.91 Å². The van der Waals surface area contributed by atoms with Gasteiger partial charge in [0.1, 0.15) is 11.8 Å². The number of carboxylic acids is 1. The Hall–Kier alpha value is -2.60. The van der Waals surface area contributed by atoms with Gasteiger partial charge < -0.3 is 20.9 Å². The molecule has 0 saturated heterocycles. The molecule has 2 atom stereocenters. The third-order valence-electron chi connectivity index (χ3n) is 4.53. The number of aliphatic carboxylic acids is 1. The molecular formula is C20H26N2O4. The number of carboxylic acid groups (broad SMARTS) is 1. The lowest BCUT2D eigenvalue weighted by molar-refractivity contribution is -0.142. The molecule has 26 heavy (non-hydrogen) atoms. The van der Waals surface area contributed by atoms with Gasteiger partial charge in [0.05, 0.1) is 13.0 Å². The Bertz CT molecular complexity index is 775. The van der Waals surface area contributed by atoms with Crippen molar-refractivity contribution < 1.29 is 19.4 Å². The van der Waals surface area contributed by atoms with E-state index in [1.807, 2.05) is 36.4 Å². The predicted octanol–water partition coefficient (Wildman–Crippen LogP) is 2.65. The lowest BCUT2D eigenvalue weighted by atomic mass is 9.96. The Balaban J connectivity index is 2.10. The van der Waals surface area contributed by atoms with Crippen LogP contribution in [-0.2, 0) is 9.59 Å². The van der Waals surface area contributed by atoms with Gasteiger partial charge in [0.15, 0.2) is 0 Å². The van der Waals surface area contributed by atoms with E-state index in [1.54, 1.807) is 14.0 Å². The fraction of sp³-hybridized carbons (Fsp3) is 0.400. The molecule has 0 heterocycles. The molecule has 6 nitrogen and oxygen atoms in total. The van der Waals surface area contributed by atoms with E-state index in [1.165, 1.54) is 0 Å². The van der Waals surface area contributed by atoms with E-state index in [0.717, 1.165) is 28.5 Å². The normalized spacial score (nSPS) is 13.2. The standard InChI is InChI=1S/C20H26N2O4/c1-13(19(23)22-18(20(24)25)5-3-4-10-21)14-6-7-16-12-17(26-2)9-8-15(16)11-14/h6-9,11-13,18H,3-5,10,21H2,1-2H3,(H,22,23)(H,24,25)/t13?,18-/m0/s1. The van der Waals surface area contributed by atoms with E-state index < -0.39 is 17.9 Å². The summed E-state index contributed by atoms with van der Waals surface area (Å²) in [4.78, 5) is 23.9. The molecule has 0 bridgehead atoms. The van der Waals surface area contributed by atoms with Crippen molar-refractivity contribution in [1.29, 1.82) is 0 Å². The molecule has 0 spiro atoms. The molecule has 0 saturated carbocycles. The Kier molecular flexibility index (Phi) is 6.97. The first kappa shape index (κ1) is 19.7. The number of methoxy groups -OCH3 is 1. The second-order valence-electron chi connectivity index (χ2n) is 6.38. The summed E-state index contributed by atoms with van der Waals surface area (Å²) >= 11 is 0. The third kappa shape index (κ3) is 4.95. The van der Waals surface area contributed by atoms with Crippen LogP contribution in [0.1, 0.15) is 37.7 Å². The Morgan fingerprint density at radius 3 is 2.50 bits per heavy atom. The second-order valence-corrected chi connectivity index (χ2v) is 6.38. The molecule has 0 aliphatic rings. The number of benzene rings is 2. The van der Waals surface area contributed by atoms with Crippen molar-refractivity contribution >= 4 is 22.6 Å². The smallest absolute Gasteiger partial charge is 0.326 e. The number of carbonyl (C=O) groups excluding carboxylic acids is 1. The quantitative estimate of drug-likeness (QED) is 0.598. The summed E-state index contributed by atoms with van der Waals surface area (Å²) in [6.07, 6.45) is 1.78. The number of nitrogens with two attached hydrogens (primary N) is 1. The van der Waals surface area contributed by atoms with E-state index in [4.69, 9.17) is 10.5 Å². The lowest BCUT2D eigenvalue weighted by Crippen LogP contribution is -2.42. The van der Waals surface area contributed by atoms with Crippen LogP contribution < -0.4 is 15.8 Å². The van der Waals surface area contributed by atoms with Crippen LogP contribution in [0.3, 0.4) is 0 Å². The fourth-order valence-electron chi connectivity index (χ4n) is 2.84. The van der Waals surface area contributed by atoms with E-state index in [2.05, 4.69) is 5.32 Å². The topological polar surface area (TPSA) is 102 Å². The SMILES string of the molecule is COc1ccc2cc(C(C)C(=O)N[C@@H](CCCCN)C(=O)O)ccc2c1. The largest absolute Gasteiger partial charge is 0.497 e. The maximum Gasteiger partial charge on any atom is 0.326 e. The minimum atomic E-state index is -1.02. The molecule has 4 N–H and O–H groups in total. The summed E-state index contributed by atoms with van der Waals surface area (Å²) in [7, 11) is 1.62. The molecule has 2 aromatic carbocycles. The van der Waals surface area contributed by atoms with Gasteiger partial charge in [-0.3, -0.25) is 4.79 Å². The monoisotopic (exact) mass is 358 g/mol. The van der Waals surface area contributed by atoms with Crippen molar-refractivity contribution in [3.8, 4) is 5.75 Å². The first-order valence-electron chi connectivity index (χ1n) is 8.77. The fourth-order valence-corrected chi connectivity index (χ4v) is 2.84. The number of carbonyl (C=O) groups is 2. The van der Waals surface area contributed by atoms with Crippen molar-refractivity contribution in [2.75, 3.05) is 13.7 Å². The average molecular weight is 358 g/mol. The zero-order valence-electron chi connectivity index (χ0n) is 15.2. The van der Waals surface area contributed by atoms with Gasteiger partial charge in [-0.1, -0.05) is 24.3 Å². The molecule has 0 fully saturated rings. The van der Waals surface area contributed by atoms with Crippen LogP contribution in [-0.4, -0.2) is 36.7 Å².